The van der Waals surface area contributed by atoms with Gasteiger partial charge in [-0.25, -0.2) is 0 Å². The summed E-state index contributed by atoms with van der Waals surface area (Å²) in [6.07, 6.45) is 0.575. The van der Waals surface area contributed by atoms with Crippen molar-refractivity contribution in [3.8, 4) is 0 Å². The highest BCUT2D eigenvalue weighted by molar-refractivity contribution is 5.69. The monoisotopic (exact) mass is 378 g/mol. The van der Waals surface area contributed by atoms with Gasteiger partial charge in [-0.1, -0.05) is 30.3 Å². The SMILES string of the molecule is COC(=O)CC[C@]12CN3C[C@](C)(N(O)[C@](Cc4ccccc4)(C3)N1O)N2O. The molecule has 0 saturated carbocycles. The van der Waals surface area contributed by atoms with Crippen LogP contribution >= 0.6 is 0 Å². The predicted molar refractivity (Wildman–Crippen MR) is 92.6 cm³/mol. The number of ether oxygens (including phenoxy) is 1. The highest BCUT2D eigenvalue weighted by Crippen LogP contribution is 2.52. The Morgan fingerprint density at radius 1 is 1.04 bits per heavy atom. The number of carbonyl (C=O) groups is 1. The topological polar surface area (TPSA) is 100.0 Å². The second-order valence-electron chi connectivity index (χ2n) is 8.00. The predicted octanol–water partition coefficient (Wildman–Crippen LogP) is 0.708. The summed E-state index contributed by atoms with van der Waals surface area (Å²) in [6, 6.07) is 9.61. The van der Waals surface area contributed by atoms with Gasteiger partial charge in [0.1, 0.15) is 17.0 Å². The minimum Gasteiger partial charge on any atom is -0.469 e. The maximum Gasteiger partial charge on any atom is 0.305 e. The molecule has 148 valence electrons. The Morgan fingerprint density at radius 2 is 1.67 bits per heavy atom. The largest absolute Gasteiger partial charge is 0.469 e. The van der Waals surface area contributed by atoms with E-state index in [0.717, 1.165) is 20.8 Å². The molecule has 9 heteroatoms. The van der Waals surface area contributed by atoms with Crippen LogP contribution in [-0.4, -0.2) is 85.4 Å². The van der Waals surface area contributed by atoms with Crippen LogP contribution in [-0.2, 0) is 16.0 Å². The fourth-order valence-electron chi connectivity index (χ4n) is 5.09. The van der Waals surface area contributed by atoms with E-state index in [1.165, 1.54) is 7.11 Å². The van der Waals surface area contributed by atoms with Gasteiger partial charge < -0.3 is 20.4 Å². The second-order valence-corrected chi connectivity index (χ2v) is 8.00. The fraction of sp³-hybridized carbons (Fsp3) is 0.611. The average molecular weight is 378 g/mol. The molecule has 3 N–H and O–H groups in total. The van der Waals surface area contributed by atoms with Crippen molar-refractivity contribution in [1.29, 1.82) is 0 Å². The van der Waals surface area contributed by atoms with Crippen LogP contribution in [0.4, 0.5) is 0 Å². The third kappa shape index (κ3) is 2.47. The molecule has 0 amide bonds. The summed E-state index contributed by atoms with van der Waals surface area (Å²) in [5, 5.41) is 36.5. The number of esters is 1. The number of nitrogens with zero attached hydrogens (tertiary/aromatic N) is 4. The van der Waals surface area contributed by atoms with Crippen LogP contribution in [0.25, 0.3) is 0 Å². The van der Waals surface area contributed by atoms with Crippen molar-refractivity contribution < 1.29 is 25.2 Å². The number of rotatable bonds is 5. The van der Waals surface area contributed by atoms with Gasteiger partial charge in [-0.3, -0.25) is 9.69 Å². The van der Waals surface area contributed by atoms with Gasteiger partial charge in [0.2, 0.25) is 0 Å². The van der Waals surface area contributed by atoms with Gasteiger partial charge in [0, 0.05) is 32.5 Å². The molecule has 0 spiro atoms. The Hall–Kier alpha value is -1.59. The zero-order valence-corrected chi connectivity index (χ0v) is 15.6. The van der Waals surface area contributed by atoms with E-state index in [-0.39, 0.29) is 12.8 Å². The molecule has 4 saturated heterocycles. The molecule has 0 radical (unpaired) electrons. The van der Waals surface area contributed by atoms with Crippen LogP contribution < -0.4 is 0 Å². The first-order valence-corrected chi connectivity index (χ1v) is 9.09. The lowest BCUT2D eigenvalue weighted by Crippen LogP contribution is -2.95. The van der Waals surface area contributed by atoms with Crippen LogP contribution in [0.5, 0.6) is 0 Å². The molecule has 5 rings (SSSR count). The van der Waals surface area contributed by atoms with Gasteiger partial charge in [0.15, 0.2) is 0 Å². The Kier molecular flexibility index (Phi) is 4.32. The van der Waals surface area contributed by atoms with Crippen molar-refractivity contribution >= 4 is 5.97 Å². The summed E-state index contributed by atoms with van der Waals surface area (Å²) in [4.78, 5) is 13.9. The van der Waals surface area contributed by atoms with Crippen LogP contribution in [0.1, 0.15) is 25.3 Å². The normalized spacial score (nSPS) is 39.1. The Labute approximate surface area is 157 Å². The van der Waals surface area contributed by atoms with Crippen molar-refractivity contribution in [2.45, 2.75) is 43.2 Å². The van der Waals surface area contributed by atoms with E-state index in [0.29, 0.717) is 26.1 Å². The smallest absolute Gasteiger partial charge is 0.305 e. The minimum atomic E-state index is -1.21. The first-order chi connectivity index (χ1) is 12.8. The molecule has 4 bridgehead atoms. The number of carbonyl (C=O) groups excluding carboxylic acids is 1. The van der Waals surface area contributed by atoms with E-state index in [1.807, 2.05) is 30.3 Å². The Morgan fingerprint density at radius 3 is 2.33 bits per heavy atom. The second kappa shape index (κ2) is 6.21. The fourth-order valence-corrected chi connectivity index (χ4v) is 5.09. The van der Waals surface area contributed by atoms with Crippen molar-refractivity contribution in [1.82, 2.24) is 20.1 Å². The molecule has 4 heterocycles. The van der Waals surface area contributed by atoms with Gasteiger partial charge in [0.25, 0.3) is 0 Å². The third-order valence-corrected chi connectivity index (χ3v) is 6.25. The molecule has 4 aliphatic heterocycles. The van der Waals surface area contributed by atoms with E-state index < -0.39 is 23.0 Å². The first kappa shape index (κ1) is 18.8. The van der Waals surface area contributed by atoms with Crippen molar-refractivity contribution in [2.24, 2.45) is 0 Å². The maximum atomic E-state index is 11.7. The lowest BCUT2D eigenvalue weighted by Gasteiger charge is -2.74. The number of benzene rings is 1. The van der Waals surface area contributed by atoms with Crippen LogP contribution in [0.3, 0.4) is 0 Å². The summed E-state index contributed by atoms with van der Waals surface area (Å²) in [5.74, 6) is -0.411. The van der Waals surface area contributed by atoms with Crippen molar-refractivity contribution in [3.05, 3.63) is 35.9 Å². The Balaban J connectivity index is 1.75. The number of hydrogen-bond donors (Lipinski definition) is 3. The van der Waals surface area contributed by atoms with E-state index >= 15 is 0 Å². The molecule has 27 heavy (non-hydrogen) atoms. The standard InChI is InChI=1S/C18H26N4O5/c1-16-11-19-12-17(20(16)24,9-8-15(23)27-2)22(26)18(13-19,21(16)25)10-14-6-4-3-5-7-14/h3-7,24-26H,8-13H2,1-2H3/t16-,17+,18-/m0/s1. The summed E-state index contributed by atoms with van der Waals surface area (Å²) in [5.41, 5.74) is -2.51. The molecule has 0 aliphatic carbocycles. The summed E-state index contributed by atoms with van der Waals surface area (Å²) in [6.45, 7) is 2.93. The highest BCUT2D eigenvalue weighted by atomic mass is 16.6. The first-order valence-electron chi connectivity index (χ1n) is 9.09. The van der Waals surface area contributed by atoms with E-state index in [9.17, 15) is 20.4 Å². The van der Waals surface area contributed by atoms with E-state index in [2.05, 4.69) is 4.90 Å². The number of hydrogen-bond acceptors (Lipinski definition) is 9. The molecule has 4 fully saturated rings. The number of hydroxylamine groups is 6. The van der Waals surface area contributed by atoms with E-state index in [1.54, 1.807) is 6.92 Å². The number of piperazine rings is 3. The molecular formula is C18H26N4O5. The molecule has 4 aliphatic rings. The molecule has 1 aromatic rings. The van der Waals surface area contributed by atoms with Crippen molar-refractivity contribution in [2.75, 3.05) is 26.7 Å². The molecule has 1 unspecified atom stereocenters. The van der Waals surface area contributed by atoms with Crippen LogP contribution in [0.2, 0.25) is 0 Å². The summed E-state index contributed by atoms with van der Waals surface area (Å²) >= 11 is 0. The van der Waals surface area contributed by atoms with Crippen molar-refractivity contribution in [3.63, 3.8) is 0 Å². The van der Waals surface area contributed by atoms with Gasteiger partial charge >= 0.3 is 5.97 Å². The van der Waals surface area contributed by atoms with Gasteiger partial charge in [-0.15, -0.1) is 15.2 Å². The van der Waals surface area contributed by atoms with Gasteiger partial charge in [-0.2, -0.15) is 0 Å². The summed E-state index contributed by atoms with van der Waals surface area (Å²) in [7, 11) is 1.31. The van der Waals surface area contributed by atoms with Gasteiger partial charge in [-0.05, 0) is 18.9 Å². The molecule has 0 aromatic heterocycles. The minimum absolute atomic E-state index is 0.0430. The van der Waals surface area contributed by atoms with Crippen LogP contribution in [0.15, 0.2) is 30.3 Å². The molecule has 1 aromatic carbocycles. The van der Waals surface area contributed by atoms with Gasteiger partial charge in [0.05, 0.1) is 7.11 Å². The number of methoxy groups -OCH3 is 1. The molecule has 4 atom stereocenters. The maximum absolute atomic E-state index is 11.7. The molecule has 9 nitrogen and oxygen atoms in total. The lowest BCUT2D eigenvalue weighted by molar-refractivity contribution is -0.540. The lowest BCUT2D eigenvalue weighted by atomic mass is 9.79. The quantitative estimate of drug-likeness (QED) is 0.640. The molecular weight excluding hydrogens is 352 g/mol. The zero-order chi connectivity index (χ0) is 19.4. The Bertz CT molecular complexity index is 736. The summed E-state index contributed by atoms with van der Waals surface area (Å²) < 4.78 is 4.74. The average Bonchev–Trinajstić information content (AvgIpc) is 2.67. The van der Waals surface area contributed by atoms with Crippen LogP contribution in [0, 0.1) is 0 Å². The highest BCUT2D eigenvalue weighted by Gasteiger charge is 2.73. The van der Waals surface area contributed by atoms with E-state index in [4.69, 9.17) is 4.74 Å². The zero-order valence-electron chi connectivity index (χ0n) is 15.6. The third-order valence-electron chi connectivity index (χ3n) is 6.25.